The van der Waals surface area contributed by atoms with Gasteiger partial charge < -0.3 is 9.80 Å². The van der Waals surface area contributed by atoms with Crippen molar-refractivity contribution in [3.05, 3.63) is 59.7 Å². The summed E-state index contributed by atoms with van der Waals surface area (Å²) < 4.78 is 0. The lowest BCUT2D eigenvalue weighted by atomic mass is 9.79. The lowest BCUT2D eigenvalue weighted by Crippen LogP contribution is -2.30. The van der Waals surface area contributed by atoms with Gasteiger partial charge in [-0.3, -0.25) is 4.99 Å². The number of piperidine rings is 2. The van der Waals surface area contributed by atoms with Gasteiger partial charge in [0.15, 0.2) is 0 Å². The molecular weight excluding hydrogens is 390 g/mol. The maximum absolute atomic E-state index is 5.32. The van der Waals surface area contributed by atoms with Crippen molar-refractivity contribution in [2.75, 3.05) is 36.0 Å². The number of para-hydroxylation sites is 2. The molecule has 0 bridgehead atoms. The van der Waals surface area contributed by atoms with E-state index in [4.69, 9.17) is 4.99 Å². The van der Waals surface area contributed by atoms with Crippen LogP contribution in [0.25, 0.3) is 0 Å². The fourth-order valence-corrected chi connectivity index (χ4v) is 5.69. The van der Waals surface area contributed by atoms with Crippen LogP contribution in [0.3, 0.4) is 0 Å². The van der Waals surface area contributed by atoms with Gasteiger partial charge in [-0.2, -0.15) is 0 Å². The van der Waals surface area contributed by atoms with E-state index in [9.17, 15) is 0 Å². The van der Waals surface area contributed by atoms with Crippen LogP contribution in [0, 0.1) is 5.92 Å². The van der Waals surface area contributed by atoms with E-state index in [1.165, 1.54) is 113 Å². The number of rotatable bonds is 7. The minimum atomic E-state index is 0.257. The van der Waals surface area contributed by atoms with E-state index in [1.54, 1.807) is 0 Å². The Hall–Kier alpha value is -2.29. The fraction of sp³-hybridized carbons (Fsp3) is 0.552. The Labute approximate surface area is 194 Å². The Morgan fingerprint density at radius 2 is 1.31 bits per heavy atom. The van der Waals surface area contributed by atoms with Crippen molar-refractivity contribution < 1.29 is 0 Å². The zero-order valence-electron chi connectivity index (χ0n) is 19.6. The second-order valence-electron chi connectivity index (χ2n) is 10.0. The van der Waals surface area contributed by atoms with Gasteiger partial charge in [0.05, 0.1) is 6.04 Å². The largest absolute Gasteiger partial charge is 0.371 e. The molecule has 170 valence electrons. The number of aliphatic imine (C=N–C) groups is 1. The molecule has 0 N–H and O–H groups in total. The molecule has 2 aromatic carbocycles. The van der Waals surface area contributed by atoms with Crippen molar-refractivity contribution in [2.45, 2.75) is 70.3 Å². The monoisotopic (exact) mass is 429 g/mol. The molecule has 2 saturated heterocycles. The first-order valence-corrected chi connectivity index (χ1v) is 13.1. The van der Waals surface area contributed by atoms with Crippen molar-refractivity contribution in [1.82, 2.24) is 0 Å². The van der Waals surface area contributed by atoms with Crippen LogP contribution in [0.2, 0.25) is 0 Å². The molecule has 3 nitrogen and oxygen atoms in total. The summed E-state index contributed by atoms with van der Waals surface area (Å²) in [6.07, 6.45) is 15.5. The van der Waals surface area contributed by atoms with Gasteiger partial charge >= 0.3 is 0 Å². The number of nitrogens with zero attached hydrogens (tertiary/aromatic N) is 3. The Balaban J connectivity index is 1.43. The minimum Gasteiger partial charge on any atom is -0.371 e. The normalized spacial score (nSPS) is 21.0. The van der Waals surface area contributed by atoms with Crippen LogP contribution in [-0.4, -0.2) is 32.4 Å². The number of benzene rings is 2. The topological polar surface area (TPSA) is 18.8 Å². The van der Waals surface area contributed by atoms with Gasteiger partial charge in [-0.25, -0.2) is 0 Å². The highest BCUT2D eigenvalue weighted by molar-refractivity contribution is 5.88. The summed E-state index contributed by atoms with van der Waals surface area (Å²) in [7, 11) is 0. The zero-order chi connectivity index (χ0) is 21.6. The first-order valence-electron chi connectivity index (χ1n) is 13.1. The lowest BCUT2D eigenvalue weighted by Gasteiger charge is -2.34. The summed E-state index contributed by atoms with van der Waals surface area (Å²) >= 11 is 0. The average Bonchev–Trinajstić information content (AvgIpc) is 2.84. The third kappa shape index (κ3) is 5.03. The van der Waals surface area contributed by atoms with Gasteiger partial charge in [0.25, 0.3) is 0 Å². The van der Waals surface area contributed by atoms with Gasteiger partial charge in [0.1, 0.15) is 0 Å². The molecule has 2 aliphatic heterocycles. The van der Waals surface area contributed by atoms with Gasteiger partial charge in [0, 0.05) is 49.3 Å². The molecule has 0 radical (unpaired) electrons. The van der Waals surface area contributed by atoms with Crippen LogP contribution in [0.15, 0.2) is 53.5 Å². The van der Waals surface area contributed by atoms with Gasteiger partial charge in [-0.15, -0.1) is 0 Å². The molecule has 1 atom stereocenters. The molecule has 0 aromatic heterocycles. The third-order valence-electron chi connectivity index (χ3n) is 7.80. The van der Waals surface area contributed by atoms with E-state index in [0.717, 1.165) is 5.92 Å². The Morgan fingerprint density at radius 1 is 0.719 bits per heavy atom. The molecule has 3 heteroatoms. The lowest BCUT2D eigenvalue weighted by molar-refractivity contribution is 0.278. The summed E-state index contributed by atoms with van der Waals surface area (Å²) in [5.41, 5.74) is 5.51. The standard InChI is InChI=1S/C29H39N3/c1-7-18-31(19-8-1)28-16-5-3-14-25(28)23-30-27(22-24-12-11-13-24)26-15-4-6-17-29(26)32-20-9-2-10-21-32/h3-6,14-17,23-24,27H,1-2,7-13,18-22H2. The minimum absolute atomic E-state index is 0.257. The summed E-state index contributed by atoms with van der Waals surface area (Å²) in [6.45, 7) is 4.73. The van der Waals surface area contributed by atoms with E-state index < -0.39 is 0 Å². The smallest absolute Gasteiger partial charge is 0.0771 e. The molecule has 2 heterocycles. The fourth-order valence-electron chi connectivity index (χ4n) is 5.69. The van der Waals surface area contributed by atoms with E-state index in [1.807, 2.05) is 0 Å². The highest BCUT2D eigenvalue weighted by atomic mass is 15.1. The quantitative estimate of drug-likeness (QED) is 0.441. The van der Waals surface area contributed by atoms with E-state index in [2.05, 4.69) is 64.5 Å². The van der Waals surface area contributed by atoms with Gasteiger partial charge in [-0.05, 0) is 68.6 Å². The predicted octanol–water partition coefficient (Wildman–Crippen LogP) is 7.02. The van der Waals surface area contributed by atoms with Crippen LogP contribution in [0.5, 0.6) is 0 Å². The molecule has 5 rings (SSSR count). The molecule has 0 amide bonds. The zero-order valence-corrected chi connectivity index (χ0v) is 19.6. The molecular formula is C29H39N3. The second kappa shape index (κ2) is 10.6. The third-order valence-corrected chi connectivity index (χ3v) is 7.80. The van der Waals surface area contributed by atoms with E-state index in [0.29, 0.717) is 0 Å². The van der Waals surface area contributed by atoms with Crippen LogP contribution in [0.4, 0.5) is 11.4 Å². The van der Waals surface area contributed by atoms with Crippen LogP contribution < -0.4 is 9.80 Å². The first kappa shape index (κ1) is 21.6. The van der Waals surface area contributed by atoms with Gasteiger partial charge in [0.2, 0.25) is 0 Å². The van der Waals surface area contributed by atoms with Crippen molar-refractivity contribution in [1.29, 1.82) is 0 Å². The van der Waals surface area contributed by atoms with Crippen LogP contribution >= 0.6 is 0 Å². The second-order valence-corrected chi connectivity index (χ2v) is 10.0. The highest BCUT2D eigenvalue weighted by Crippen LogP contribution is 2.40. The number of hydrogen-bond acceptors (Lipinski definition) is 3. The maximum Gasteiger partial charge on any atom is 0.0771 e. The Morgan fingerprint density at radius 3 is 1.97 bits per heavy atom. The van der Waals surface area contributed by atoms with Crippen LogP contribution in [-0.2, 0) is 0 Å². The number of anilines is 2. The van der Waals surface area contributed by atoms with Gasteiger partial charge in [-0.1, -0.05) is 55.7 Å². The SMILES string of the molecule is C(=NC(CC1CCC1)c1ccccc1N1CCCCC1)c1ccccc1N1CCCCC1. The van der Waals surface area contributed by atoms with Crippen molar-refractivity contribution in [3.63, 3.8) is 0 Å². The molecule has 3 aliphatic rings. The summed E-state index contributed by atoms with van der Waals surface area (Å²) in [5.74, 6) is 0.837. The first-order chi connectivity index (χ1) is 15.9. The molecule has 1 aliphatic carbocycles. The molecule has 1 unspecified atom stereocenters. The summed E-state index contributed by atoms with van der Waals surface area (Å²) in [5, 5.41) is 0. The molecule has 2 aromatic rings. The van der Waals surface area contributed by atoms with E-state index in [-0.39, 0.29) is 6.04 Å². The van der Waals surface area contributed by atoms with Crippen molar-refractivity contribution >= 4 is 17.6 Å². The van der Waals surface area contributed by atoms with Crippen molar-refractivity contribution in [3.8, 4) is 0 Å². The van der Waals surface area contributed by atoms with Crippen molar-refractivity contribution in [2.24, 2.45) is 10.9 Å². The summed E-state index contributed by atoms with van der Waals surface area (Å²) in [6, 6.07) is 18.3. The Kier molecular flexibility index (Phi) is 7.11. The summed E-state index contributed by atoms with van der Waals surface area (Å²) in [4.78, 5) is 10.5. The molecule has 3 fully saturated rings. The highest BCUT2D eigenvalue weighted by Gasteiger charge is 2.26. The molecule has 0 spiro atoms. The van der Waals surface area contributed by atoms with E-state index >= 15 is 0 Å². The Bertz CT molecular complexity index is 889. The average molecular weight is 430 g/mol. The number of hydrogen-bond donors (Lipinski definition) is 0. The molecule has 32 heavy (non-hydrogen) atoms. The maximum atomic E-state index is 5.32. The predicted molar refractivity (Wildman–Crippen MR) is 137 cm³/mol. The van der Waals surface area contributed by atoms with Crippen LogP contribution in [0.1, 0.15) is 81.4 Å². The molecule has 1 saturated carbocycles.